The van der Waals surface area contributed by atoms with Crippen LogP contribution in [0.3, 0.4) is 0 Å². The number of ether oxygens (including phenoxy) is 2. The maximum Gasteiger partial charge on any atom is 0.220 e. The Kier molecular flexibility index (Phi) is 8.29. The van der Waals surface area contributed by atoms with Gasteiger partial charge in [0, 0.05) is 49.1 Å². The summed E-state index contributed by atoms with van der Waals surface area (Å²) in [6.45, 7) is 4.61. The van der Waals surface area contributed by atoms with Gasteiger partial charge in [-0.15, -0.1) is 0 Å². The van der Waals surface area contributed by atoms with Crippen LogP contribution in [0.5, 0.6) is 11.5 Å². The molecule has 4 aromatic rings. The molecule has 3 aromatic carbocycles. The molecule has 1 fully saturated rings. The second kappa shape index (κ2) is 12.2. The van der Waals surface area contributed by atoms with Gasteiger partial charge in [-0.05, 0) is 60.8 Å². The number of rotatable bonds is 11. The first kappa shape index (κ1) is 25.9. The highest BCUT2D eigenvalue weighted by Crippen LogP contribution is 2.38. The topological polar surface area (TPSA) is 55.7 Å². The zero-order chi connectivity index (χ0) is 26.3. The number of para-hydroxylation sites is 1. The second-order valence-corrected chi connectivity index (χ2v) is 9.98. The van der Waals surface area contributed by atoms with E-state index in [0.717, 1.165) is 48.2 Å². The summed E-state index contributed by atoms with van der Waals surface area (Å²) < 4.78 is 13.4. The van der Waals surface area contributed by atoms with Gasteiger partial charge < -0.3 is 24.3 Å². The zero-order valence-electron chi connectivity index (χ0n) is 22.4. The van der Waals surface area contributed by atoms with Crippen molar-refractivity contribution in [3.05, 3.63) is 95.7 Å². The molecule has 0 bridgehead atoms. The standard InChI is InChI=1S/C32H37N3O3/c1-37-30-15-14-25(20-31(30)38-2)27(21-32(36)33-16-19-34-17-8-9-18-34)28-23-35(22-24-10-4-3-5-11-24)29-13-7-6-12-26(28)29/h3-7,10-15,20,23,27H,8-9,16-19,21-22H2,1-2H3,(H,33,36)/t27-/m1/s1. The number of carbonyl (C=O) groups is 1. The molecule has 1 amide bonds. The summed E-state index contributed by atoms with van der Waals surface area (Å²) in [5, 5.41) is 4.34. The minimum absolute atomic E-state index is 0.0591. The Bertz CT molecular complexity index is 1360. The molecule has 1 aromatic heterocycles. The van der Waals surface area contributed by atoms with Crippen LogP contribution in [-0.4, -0.2) is 55.8 Å². The first-order valence-corrected chi connectivity index (χ1v) is 13.5. The van der Waals surface area contributed by atoms with Crippen LogP contribution in [0.1, 0.15) is 41.9 Å². The van der Waals surface area contributed by atoms with Crippen molar-refractivity contribution in [1.82, 2.24) is 14.8 Å². The zero-order valence-corrected chi connectivity index (χ0v) is 22.4. The van der Waals surface area contributed by atoms with Crippen LogP contribution in [-0.2, 0) is 11.3 Å². The van der Waals surface area contributed by atoms with Crippen molar-refractivity contribution in [2.75, 3.05) is 40.4 Å². The van der Waals surface area contributed by atoms with Gasteiger partial charge >= 0.3 is 0 Å². The van der Waals surface area contributed by atoms with Crippen molar-refractivity contribution in [3.8, 4) is 11.5 Å². The number of aromatic nitrogens is 1. The molecule has 0 spiro atoms. The van der Waals surface area contributed by atoms with E-state index in [4.69, 9.17) is 9.47 Å². The van der Waals surface area contributed by atoms with E-state index in [1.54, 1.807) is 14.2 Å². The molecule has 0 saturated carbocycles. The van der Waals surface area contributed by atoms with E-state index >= 15 is 0 Å². The monoisotopic (exact) mass is 511 g/mol. The Morgan fingerprint density at radius 2 is 1.66 bits per heavy atom. The van der Waals surface area contributed by atoms with Crippen molar-refractivity contribution in [2.45, 2.75) is 31.7 Å². The predicted octanol–water partition coefficient (Wildman–Crippen LogP) is 5.44. The number of fused-ring (bicyclic) bond motifs is 1. The van der Waals surface area contributed by atoms with Gasteiger partial charge in [0.25, 0.3) is 0 Å². The van der Waals surface area contributed by atoms with E-state index < -0.39 is 0 Å². The van der Waals surface area contributed by atoms with Gasteiger partial charge in [0.2, 0.25) is 5.91 Å². The lowest BCUT2D eigenvalue weighted by Crippen LogP contribution is -2.34. The van der Waals surface area contributed by atoms with Crippen LogP contribution in [0.15, 0.2) is 79.0 Å². The van der Waals surface area contributed by atoms with E-state index in [2.05, 4.69) is 69.5 Å². The van der Waals surface area contributed by atoms with Crippen LogP contribution in [0.2, 0.25) is 0 Å². The molecule has 6 nitrogen and oxygen atoms in total. The smallest absolute Gasteiger partial charge is 0.220 e. The van der Waals surface area contributed by atoms with Crippen molar-refractivity contribution in [3.63, 3.8) is 0 Å². The summed E-state index contributed by atoms with van der Waals surface area (Å²) >= 11 is 0. The summed E-state index contributed by atoms with van der Waals surface area (Å²) in [5.74, 6) is 1.27. The maximum absolute atomic E-state index is 13.3. The minimum atomic E-state index is -0.136. The highest BCUT2D eigenvalue weighted by atomic mass is 16.5. The Morgan fingerprint density at radius 3 is 2.42 bits per heavy atom. The number of hydrogen-bond acceptors (Lipinski definition) is 4. The SMILES string of the molecule is COc1ccc([C@@H](CC(=O)NCCN2CCCC2)c2cn(Cc3ccccc3)c3ccccc23)cc1OC. The van der Waals surface area contributed by atoms with E-state index in [1.807, 2.05) is 24.3 Å². The number of carbonyl (C=O) groups excluding carboxylic acids is 1. The average molecular weight is 512 g/mol. The van der Waals surface area contributed by atoms with Gasteiger partial charge in [0.1, 0.15) is 0 Å². The molecular weight excluding hydrogens is 474 g/mol. The van der Waals surface area contributed by atoms with E-state index in [0.29, 0.717) is 24.5 Å². The average Bonchev–Trinajstić information content (AvgIpc) is 3.60. The second-order valence-electron chi connectivity index (χ2n) is 9.98. The molecule has 5 rings (SSSR count). The summed E-state index contributed by atoms with van der Waals surface area (Å²) in [6.07, 6.45) is 5.08. The Hall–Kier alpha value is -3.77. The third-order valence-corrected chi connectivity index (χ3v) is 7.54. The molecular formula is C32H37N3O3. The highest BCUT2D eigenvalue weighted by molar-refractivity contribution is 5.87. The first-order chi connectivity index (χ1) is 18.7. The van der Waals surface area contributed by atoms with Crippen LogP contribution in [0.4, 0.5) is 0 Å². The van der Waals surface area contributed by atoms with Crippen LogP contribution in [0.25, 0.3) is 10.9 Å². The molecule has 38 heavy (non-hydrogen) atoms. The van der Waals surface area contributed by atoms with E-state index in [-0.39, 0.29) is 11.8 Å². The van der Waals surface area contributed by atoms with Crippen LogP contribution >= 0.6 is 0 Å². The number of nitrogens with zero attached hydrogens (tertiary/aromatic N) is 2. The molecule has 0 aliphatic carbocycles. The lowest BCUT2D eigenvalue weighted by Gasteiger charge is -2.20. The van der Waals surface area contributed by atoms with Crippen LogP contribution in [0, 0.1) is 0 Å². The summed E-state index contributed by atoms with van der Waals surface area (Å²) in [5.41, 5.74) is 4.56. The quantitative estimate of drug-likeness (QED) is 0.291. The molecule has 1 aliphatic heterocycles. The third-order valence-electron chi connectivity index (χ3n) is 7.54. The van der Waals surface area contributed by atoms with E-state index in [1.165, 1.54) is 18.4 Å². The van der Waals surface area contributed by atoms with Gasteiger partial charge in [0.15, 0.2) is 11.5 Å². The van der Waals surface area contributed by atoms with Crippen LogP contribution < -0.4 is 14.8 Å². The maximum atomic E-state index is 13.3. The fraction of sp³-hybridized carbons (Fsp3) is 0.344. The molecule has 2 heterocycles. The summed E-state index contributed by atoms with van der Waals surface area (Å²) in [4.78, 5) is 15.7. The fourth-order valence-electron chi connectivity index (χ4n) is 5.56. The van der Waals surface area contributed by atoms with Gasteiger partial charge in [-0.3, -0.25) is 4.79 Å². The van der Waals surface area contributed by atoms with E-state index in [9.17, 15) is 4.79 Å². The third kappa shape index (κ3) is 5.86. The number of hydrogen-bond donors (Lipinski definition) is 1. The number of likely N-dealkylation sites (tertiary alicyclic amines) is 1. The fourth-order valence-corrected chi connectivity index (χ4v) is 5.56. The van der Waals surface area contributed by atoms with Crippen molar-refractivity contribution in [1.29, 1.82) is 0 Å². The molecule has 1 saturated heterocycles. The van der Waals surface area contributed by atoms with Gasteiger partial charge in [0.05, 0.1) is 14.2 Å². The number of nitrogens with one attached hydrogen (secondary N) is 1. The molecule has 0 radical (unpaired) electrons. The summed E-state index contributed by atoms with van der Waals surface area (Å²) in [7, 11) is 3.29. The van der Waals surface area contributed by atoms with Crippen molar-refractivity contribution >= 4 is 16.8 Å². The Labute approximate surface area is 225 Å². The Morgan fingerprint density at radius 1 is 0.921 bits per heavy atom. The van der Waals surface area contributed by atoms with Gasteiger partial charge in [-0.25, -0.2) is 0 Å². The highest BCUT2D eigenvalue weighted by Gasteiger charge is 2.24. The van der Waals surface area contributed by atoms with Crippen molar-refractivity contribution < 1.29 is 14.3 Å². The molecule has 198 valence electrons. The number of amides is 1. The predicted molar refractivity (Wildman–Crippen MR) is 152 cm³/mol. The molecule has 1 atom stereocenters. The molecule has 1 N–H and O–H groups in total. The minimum Gasteiger partial charge on any atom is -0.493 e. The molecule has 1 aliphatic rings. The van der Waals surface area contributed by atoms with Gasteiger partial charge in [-0.1, -0.05) is 54.6 Å². The first-order valence-electron chi connectivity index (χ1n) is 13.5. The number of benzene rings is 3. The molecule has 6 heteroatoms. The van der Waals surface area contributed by atoms with Gasteiger partial charge in [-0.2, -0.15) is 0 Å². The summed E-state index contributed by atoms with van der Waals surface area (Å²) in [6, 6.07) is 24.9. The molecule has 0 unspecified atom stereocenters. The number of methoxy groups -OCH3 is 2. The largest absolute Gasteiger partial charge is 0.493 e. The lowest BCUT2D eigenvalue weighted by molar-refractivity contribution is -0.121. The Balaban J connectivity index is 1.48. The van der Waals surface area contributed by atoms with Crippen molar-refractivity contribution in [2.24, 2.45) is 0 Å². The lowest BCUT2D eigenvalue weighted by atomic mass is 9.87. The normalized spacial score (nSPS) is 14.5.